The number of benzene rings is 1. The van der Waals surface area contributed by atoms with Crippen molar-refractivity contribution in [3.8, 4) is 11.8 Å². The van der Waals surface area contributed by atoms with E-state index in [2.05, 4.69) is 20.9 Å². The lowest BCUT2D eigenvalue weighted by Gasteiger charge is -1.99. The van der Waals surface area contributed by atoms with E-state index in [0.717, 1.165) is 4.47 Å². The van der Waals surface area contributed by atoms with E-state index in [1.165, 1.54) is 6.26 Å². The molecule has 14 heavy (non-hydrogen) atoms. The molecule has 0 aliphatic carbocycles. The molecule has 1 aromatic carbocycles. The van der Waals surface area contributed by atoms with Gasteiger partial charge in [0.25, 0.3) is 0 Å². The number of hydrogen-bond acceptors (Lipinski definition) is 4. The Labute approximate surface area is 88.8 Å². The molecule has 72 valence electrons. The fourth-order valence-electron chi connectivity index (χ4n) is 0.919. The van der Waals surface area contributed by atoms with Gasteiger partial charge in [-0.3, -0.25) is 0 Å². The van der Waals surface area contributed by atoms with Gasteiger partial charge in [0.15, 0.2) is 5.82 Å². The summed E-state index contributed by atoms with van der Waals surface area (Å²) in [5.74, 6) is 0.951. The molecule has 1 heterocycles. The summed E-state index contributed by atoms with van der Waals surface area (Å²) >= 11 is 3.32. The normalized spacial score (nSPS) is 10.1. The largest absolute Gasteiger partial charge is 0.415 e. The fourth-order valence-corrected chi connectivity index (χ4v) is 1.18. The molecule has 0 radical (unpaired) electrons. The van der Waals surface area contributed by atoms with Gasteiger partial charge >= 0.3 is 6.08 Å². The first kappa shape index (κ1) is 9.08. The van der Waals surface area contributed by atoms with Crippen molar-refractivity contribution in [1.82, 2.24) is 4.98 Å². The molecular formula is C9H7BrN2O2. The summed E-state index contributed by atoms with van der Waals surface area (Å²) in [5, 5.41) is 0. The number of nitrogen functional groups attached to an aromatic ring is 1. The van der Waals surface area contributed by atoms with Crippen LogP contribution in [0.4, 0.5) is 5.82 Å². The molecule has 0 unspecified atom stereocenters. The minimum atomic E-state index is 0.143. The maximum Gasteiger partial charge on any atom is 0.401 e. The molecule has 2 N–H and O–H groups in total. The van der Waals surface area contributed by atoms with Crippen molar-refractivity contribution in [3.63, 3.8) is 0 Å². The molecule has 0 amide bonds. The predicted octanol–water partition coefficient (Wildman–Crippen LogP) is 2.81. The van der Waals surface area contributed by atoms with Gasteiger partial charge in [-0.15, -0.1) is 0 Å². The average molecular weight is 255 g/mol. The summed E-state index contributed by atoms with van der Waals surface area (Å²) in [5.41, 5.74) is 5.36. The lowest BCUT2D eigenvalue weighted by molar-refractivity contribution is 0.330. The molecule has 2 aromatic rings. The van der Waals surface area contributed by atoms with Crippen LogP contribution in [0.15, 0.2) is 39.4 Å². The summed E-state index contributed by atoms with van der Waals surface area (Å²) in [6, 6.07) is 7.32. The maximum atomic E-state index is 5.36. The van der Waals surface area contributed by atoms with Crippen LogP contribution in [0.2, 0.25) is 0 Å². The van der Waals surface area contributed by atoms with Crippen molar-refractivity contribution in [2.45, 2.75) is 0 Å². The molecule has 4 nitrogen and oxygen atoms in total. The minimum absolute atomic E-state index is 0.143. The van der Waals surface area contributed by atoms with Crippen LogP contribution in [0.1, 0.15) is 0 Å². The van der Waals surface area contributed by atoms with Crippen molar-refractivity contribution in [2.75, 3.05) is 5.73 Å². The van der Waals surface area contributed by atoms with E-state index >= 15 is 0 Å². The smallest absolute Gasteiger partial charge is 0.401 e. The second-order valence-corrected chi connectivity index (χ2v) is 3.51. The number of nitrogens with two attached hydrogens (primary N) is 1. The Morgan fingerprint density at radius 1 is 1.29 bits per heavy atom. The summed E-state index contributed by atoms with van der Waals surface area (Å²) in [6.07, 6.45) is 1.47. The van der Waals surface area contributed by atoms with Crippen LogP contribution in [-0.4, -0.2) is 4.98 Å². The topological polar surface area (TPSA) is 61.3 Å². The van der Waals surface area contributed by atoms with E-state index in [-0.39, 0.29) is 6.08 Å². The van der Waals surface area contributed by atoms with E-state index in [9.17, 15) is 0 Å². The Kier molecular flexibility index (Phi) is 2.41. The van der Waals surface area contributed by atoms with Gasteiger partial charge in [0, 0.05) is 4.47 Å². The quantitative estimate of drug-likeness (QED) is 0.896. The molecule has 0 aliphatic rings. The van der Waals surface area contributed by atoms with E-state index in [4.69, 9.17) is 14.9 Å². The molecule has 1 aromatic heterocycles. The third-order valence-corrected chi connectivity index (χ3v) is 2.05. The first-order valence-corrected chi connectivity index (χ1v) is 4.68. The first-order chi connectivity index (χ1) is 6.74. The number of anilines is 1. The van der Waals surface area contributed by atoms with Gasteiger partial charge in [-0.25, -0.2) is 0 Å². The second kappa shape index (κ2) is 3.71. The lowest BCUT2D eigenvalue weighted by atomic mass is 10.3. The Balaban J connectivity index is 2.15. The highest BCUT2D eigenvalue weighted by Crippen LogP contribution is 2.22. The van der Waals surface area contributed by atoms with E-state index in [1.54, 1.807) is 12.1 Å². The van der Waals surface area contributed by atoms with Gasteiger partial charge in [0.2, 0.25) is 0 Å². The molecule has 0 bridgehead atoms. The van der Waals surface area contributed by atoms with Gasteiger partial charge in [-0.05, 0) is 24.3 Å². The summed E-state index contributed by atoms with van der Waals surface area (Å²) in [7, 11) is 0. The van der Waals surface area contributed by atoms with Crippen LogP contribution in [0.3, 0.4) is 0 Å². The SMILES string of the molecule is Nc1coc(Oc2ccc(Br)cc2)n1. The molecule has 0 saturated carbocycles. The number of nitrogens with zero attached hydrogens (tertiary/aromatic N) is 1. The number of oxazole rings is 1. The standard InChI is InChI=1S/C9H7BrN2O2/c10-6-1-3-7(4-2-6)14-9-12-8(11)5-13-9/h1-5H,11H2. The van der Waals surface area contributed by atoms with Crippen molar-refractivity contribution in [2.24, 2.45) is 0 Å². The molecule has 0 aliphatic heterocycles. The van der Waals surface area contributed by atoms with Gasteiger partial charge < -0.3 is 14.9 Å². The third-order valence-electron chi connectivity index (χ3n) is 1.52. The highest BCUT2D eigenvalue weighted by atomic mass is 79.9. The molecule has 5 heteroatoms. The molecule has 0 atom stereocenters. The number of hydrogen-bond donors (Lipinski definition) is 1. The van der Waals surface area contributed by atoms with Crippen LogP contribution in [0.25, 0.3) is 0 Å². The van der Waals surface area contributed by atoms with E-state index in [1.807, 2.05) is 12.1 Å². The monoisotopic (exact) mass is 254 g/mol. The lowest BCUT2D eigenvalue weighted by Crippen LogP contribution is -1.86. The molecule has 0 saturated heterocycles. The highest BCUT2D eigenvalue weighted by Gasteiger charge is 2.03. The number of rotatable bonds is 2. The summed E-state index contributed by atoms with van der Waals surface area (Å²) in [6.45, 7) is 0. The van der Waals surface area contributed by atoms with Crippen molar-refractivity contribution < 1.29 is 9.15 Å². The molecule has 2 rings (SSSR count). The van der Waals surface area contributed by atoms with Gasteiger partial charge in [0.05, 0.1) is 0 Å². The predicted molar refractivity (Wildman–Crippen MR) is 55.1 cm³/mol. The van der Waals surface area contributed by atoms with Crippen molar-refractivity contribution in [3.05, 3.63) is 35.0 Å². The molecule has 0 spiro atoms. The summed E-state index contributed by atoms with van der Waals surface area (Å²) < 4.78 is 11.2. The minimum Gasteiger partial charge on any atom is -0.415 e. The summed E-state index contributed by atoms with van der Waals surface area (Å²) in [4.78, 5) is 3.81. The number of halogens is 1. The zero-order valence-corrected chi connectivity index (χ0v) is 8.69. The van der Waals surface area contributed by atoms with E-state index in [0.29, 0.717) is 11.6 Å². The molecular weight excluding hydrogens is 248 g/mol. The van der Waals surface area contributed by atoms with Crippen LogP contribution in [-0.2, 0) is 0 Å². The maximum absolute atomic E-state index is 5.36. The zero-order chi connectivity index (χ0) is 9.97. The second-order valence-electron chi connectivity index (χ2n) is 2.59. The number of ether oxygens (including phenoxy) is 1. The van der Waals surface area contributed by atoms with Crippen molar-refractivity contribution >= 4 is 21.7 Å². The van der Waals surface area contributed by atoms with E-state index < -0.39 is 0 Å². The Morgan fingerprint density at radius 3 is 2.57 bits per heavy atom. The van der Waals surface area contributed by atoms with Gasteiger partial charge in [-0.2, -0.15) is 4.98 Å². The van der Waals surface area contributed by atoms with Crippen LogP contribution < -0.4 is 10.5 Å². The highest BCUT2D eigenvalue weighted by molar-refractivity contribution is 9.10. The van der Waals surface area contributed by atoms with Crippen molar-refractivity contribution in [1.29, 1.82) is 0 Å². The van der Waals surface area contributed by atoms with Crippen LogP contribution >= 0.6 is 15.9 Å². The van der Waals surface area contributed by atoms with Gasteiger partial charge in [0.1, 0.15) is 12.0 Å². The Bertz CT molecular complexity index is 425. The fraction of sp³-hybridized carbons (Fsp3) is 0. The zero-order valence-electron chi connectivity index (χ0n) is 7.11. The Morgan fingerprint density at radius 2 is 2.00 bits per heavy atom. The Hall–Kier alpha value is -1.49. The first-order valence-electron chi connectivity index (χ1n) is 3.88. The molecule has 0 fully saturated rings. The van der Waals surface area contributed by atoms with Crippen LogP contribution in [0.5, 0.6) is 11.8 Å². The number of aromatic nitrogens is 1. The third kappa shape index (κ3) is 2.05. The van der Waals surface area contributed by atoms with Gasteiger partial charge in [-0.1, -0.05) is 15.9 Å². The van der Waals surface area contributed by atoms with Crippen LogP contribution in [0, 0.1) is 0 Å². The average Bonchev–Trinajstić information content (AvgIpc) is 2.56.